The molecule has 0 saturated carbocycles. The fourth-order valence-corrected chi connectivity index (χ4v) is 2.38. The summed E-state index contributed by atoms with van der Waals surface area (Å²) in [6, 6.07) is 4.99. The van der Waals surface area contributed by atoms with Crippen molar-refractivity contribution < 1.29 is 4.39 Å². The van der Waals surface area contributed by atoms with Crippen molar-refractivity contribution in [3.8, 4) is 0 Å². The molecule has 0 saturated heterocycles. The summed E-state index contributed by atoms with van der Waals surface area (Å²) in [7, 11) is 0. The monoisotopic (exact) mass is 339 g/mol. The second-order valence-electron chi connectivity index (χ2n) is 5.23. The molecule has 0 aliphatic heterocycles. The number of halogens is 2. The third-order valence-electron chi connectivity index (χ3n) is 2.99. The van der Waals surface area contributed by atoms with Crippen molar-refractivity contribution in [2.75, 3.05) is 6.54 Å². The molecule has 0 amide bonds. The van der Waals surface area contributed by atoms with Crippen molar-refractivity contribution in [1.82, 2.24) is 14.9 Å². The summed E-state index contributed by atoms with van der Waals surface area (Å²) in [5.74, 6) is 1.33. The van der Waals surface area contributed by atoms with Crippen LogP contribution >= 0.6 is 15.9 Å². The zero-order valence-electron chi connectivity index (χ0n) is 11.7. The van der Waals surface area contributed by atoms with Crippen LogP contribution in [-0.2, 0) is 13.1 Å². The number of rotatable bonds is 6. The molecule has 0 fully saturated rings. The van der Waals surface area contributed by atoms with Crippen molar-refractivity contribution >= 4 is 15.9 Å². The van der Waals surface area contributed by atoms with Gasteiger partial charge in [-0.15, -0.1) is 0 Å². The lowest BCUT2D eigenvalue weighted by Gasteiger charge is -2.11. The van der Waals surface area contributed by atoms with Gasteiger partial charge in [0.25, 0.3) is 0 Å². The van der Waals surface area contributed by atoms with Gasteiger partial charge in [-0.3, -0.25) is 0 Å². The summed E-state index contributed by atoms with van der Waals surface area (Å²) in [6.07, 6.45) is 3.63. The lowest BCUT2D eigenvalue weighted by Crippen LogP contribution is -2.21. The zero-order chi connectivity index (χ0) is 14.5. The lowest BCUT2D eigenvalue weighted by molar-refractivity contribution is 0.530. The van der Waals surface area contributed by atoms with E-state index in [1.165, 1.54) is 6.07 Å². The summed E-state index contributed by atoms with van der Waals surface area (Å²) >= 11 is 3.37. The molecule has 1 heterocycles. The Kier molecular flexibility index (Phi) is 5.31. The first-order valence-corrected chi connectivity index (χ1v) is 7.50. The Morgan fingerprint density at radius 1 is 1.40 bits per heavy atom. The predicted molar refractivity (Wildman–Crippen MR) is 82.0 cm³/mol. The molecule has 0 atom stereocenters. The van der Waals surface area contributed by atoms with Crippen LogP contribution in [0, 0.1) is 11.7 Å². The SMILES string of the molecule is CC(C)CNCc1nccn1Cc1cc(Br)ccc1F. The van der Waals surface area contributed by atoms with E-state index in [-0.39, 0.29) is 5.82 Å². The van der Waals surface area contributed by atoms with Gasteiger partial charge in [0, 0.05) is 22.4 Å². The molecule has 0 unspecified atom stereocenters. The van der Waals surface area contributed by atoms with Gasteiger partial charge in [0.2, 0.25) is 0 Å². The predicted octanol–water partition coefficient (Wildman–Crippen LogP) is 3.58. The number of aromatic nitrogens is 2. The first kappa shape index (κ1) is 15.2. The third-order valence-corrected chi connectivity index (χ3v) is 3.48. The van der Waals surface area contributed by atoms with Crippen LogP contribution < -0.4 is 5.32 Å². The Morgan fingerprint density at radius 2 is 2.20 bits per heavy atom. The largest absolute Gasteiger partial charge is 0.329 e. The van der Waals surface area contributed by atoms with Gasteiger partial charge in [-0.2, -0.15) is 0 Å². The molecular weight excluding hydrogens is 321 g/mol. The second-order valence-corrected chi connectivity index (χ2v) is 6.15. The highest BCUT2D eigenvalue weighted by Gasteiger charge is 2.07. The van der Waals surface area contributed by atoms with Gasteiger partial charge in [-0.05, 0) is 30.7 Å². The van der Waals surface area contributed by atoms with Gasteiger partial charge in [0.15, 0.2) is 0 Å². The van der Waals surface area contributed by atoms with Crippen molar-refractivity contribution in [1.29, 1.82) is 0 Å². The minimum Gasteiger partial charge on any atom is -0.329 e. The van der Waals surface area contributed by atoms with Crippen molar-refractivity contribution in [2.45, 2.75) is 26.9 Å². The van der Waals surface area contributed by atoms with Crippen molar-refractivity contribution in [3.63, 3.8) is 0 Å². The first-order valence-electron chi connectivity index (χ1n) is 6.71. The maximum Gasteiger partial charge on any atom is 0.128 e. The molecule has 1 aromatic heterocycles. The topological polar surface area (TPSA) is 29.9 Å². The first-order chi connectivity index (χ1) is 9.56. The van der Waals surface area contributed by atoms with E-state index in [1.54, 1.807) is 18.3 Å². The zero-order valence-corrected chi connectivity index (χ0v) is 13.3. The van der Waals surface area contributed by atoms with Crippen LogP contribution in [0.5, 0.6) is 0 Å². The van der Waals surface area contributed by atoms with E-state index in [4.69, 9.17) is 0 Å². The highest BCUT2D eigenvalue weighted by Crippen LogP contribution is 2.17. The Labute approximate surface area is 127 Å². The van der Waals surface area contributed by atoms with Crippen LogP contribution in [0.15, 0.2) is 35.1 Å². The fourth-order valence-electron chi connectivity index (χ4n) is 1.97. The summed E-state index contributed by atoms with van der Waals surface area (Å²) in [5.41, 5.74) is 0.655. The van der Waals surface area contributed by atoms with Gasteiger partial charge in [-0.25, -0.2) is 9.37 Å². The van der Waals surface area contributed by atoms with Gasteiger partial charge in [0.05, 0.1) is 13.1 Å². The molecule has 0 aliphatic rings. The molecular formula is C15H19BrFN3. The quantitative estimate of drug-likeness (QED) is 0.871. The van der Waals surface area contributed by atoms with Crippen molar-refractivity contribution in [3.05, 3.63) is 52.3 Å². The maximum atomic E-state index is 13.8. The third kappa shape index (κ3) is 4.15. The van der Waals surface area contributed by atoms with Crippen LogP contribution in [0.4, 0.5) is 4.39 Å². The van der Waals surface area contributed by atoms with Crippen LogP contribution in [0.1, 0.15) is 25.2 Å². The normalized spacial score (nSPS) is 11.2. The standard InChI is InChI=1S/C15H19BrFN3/c1-11(2)8-18-9-15-19-5-6-20(15)10-12-7-13(16)3-4-14(12)17/h3-7,11,18H,8-10H2,1-2H3. The summed E-state index contributed by atoms with van der Waals surface area (Å²) in [6.45, 7) is 6.45. The lowest BCUT2D eigenvalue weighted by atomic mass is 10.2. The van der Waals surface area contributed by atoms with E-state index in [0.29, 0.717) is 24.6 Å². The van der Waals surface area contributed by atoms with Crippen LogP contribution in [-0.4, -0.2) is 16.1 Å². The smallest absolute Gasteiger partial charge is 0.128 e. The summed E-state index contributed by atoms with van der Waals surface area (Å²) < 4.78 is 16.6. The molecule has 0 spiro atoms. The molecule has 5 heteroatoms. The molecule has 1 aromatic carbocycles. The Bertz CT molecular complexity index is 566. The van der Waals surface area contributed by atoms with E-state index < -0.39 is 0 Å². The van der Waals surface area contributed by atoms with Gasteiger partial charge in [0.1, 0.15) is 11.6 Å². The Balaban J connectivity index is 2.06. The van der Waals surface area contributed by atoms with E-state index in [0.717, 1.165) is 16.8 Å². The molecule has 3 nitrogen and oxygen atoms in total. The summed E-state index contributed by atoms with van der Waals surface area (Å²) in [5, 5.41) is 3.35. The number of imidazole rings is 1. The maximum absolute atomic E-state index is 13.8. The average Bonchev–Trinajstić information content (AvgIpc) is 2.81. The molecule has 1 N–H and O–H groups in total. The molecule has 20 heavy (non-hydrogen) atoms. The van der Waals surface area contributed by atoms with Crippen molar-refractivity contribution in [2.24, 2.45) is 5.92 Å². The number of nitrogens with zero attached hydrogens (tertiary/aromatic N) is 2. The molecule has 2 rings (SSSR count). The van der Waals surface area contributed by atoms with Crippen LogP contribution in [0.3, 0.4) is 0 Å². The number of benzene rings is 1. The molecule has 108 valence electrons. The number of nitrogens with one attached hydrogen (secondary N) is 1. The Morgan fingerprint density at radius 3 is 2.95 bits per heavy atom. The summed E-state index contributed by atoms with van der Waals surface area (Å²) in [4.78, 5) is 4.33. The van der Waals surface area contributed by atoms with E-state index in [9.17, 15) is 4.39 Å². The van der Waals surface area contributed by atoms with Gasteiger partial charge < -0.3 is 9.88 Å². The van der Waals surface area contributed by atoms with E-state index in [2.05, 4.69) is 40.1 Å². The highest BCUT2D eigenvalue weighted by molar-refractivity contribution is 9.10. The fraction of sp³-hybridized carbons (Fsp3) is 0.400. The average molecular weight is 340 g/mol. The molecule has 0 bridgehead atoms. The van der Waals surface area contributed by atoms with E-state index in [1.807, 2.05) is 10.8 Å². The molecule has 0 aliphatic carbocycles. The minimum absolute atomic E-state index is 0.192. The van der Waals surface area contributed by atoms with Crippen LogP contribution in [0.25, 0.3) is 0 Å². The number of hydrogen-bond donors (Lipinski definition) is 1. The highest BCUT2D eigenvalue weighted by atomic mass is 79.9. The van der Waals surface area contributed by atoms with Gasteiger partial charge >= 0.3 is 0 Å². The Hall–Kier alpha value is -1.20. The van der Waals surface area contributed by atoms with E-state index >= 15 is 0 Å². The number of hydrogen-bond acceptors (Lipinski definition) is 2. The molecule has 0 radical (unpaired) electrons. The van der Waals surface area contributed by atoms with Gasteiger partial charge in [-0.1, -0.05) is 29.8 Å². The minimum atomic E-state index is -0.192. The van der Waals surface area contributed by atoms with Crippen LogP contribution in [0.2, 0.25) is 0 Å². The second kappa shape index (κ2) is 6.99. The molecule has 2 aromatic rings.